The van der Waals surface area contributed by atoms with Crippen LogP contribution in [-0.2, 0) is 6.42 Å². The molecule has 2 aromatic heterocycles. The molecule has 3 aromatic rings. The second kappa shape index (κ2) is 5.20. The van der Waals surface area contributed by atoms with Crippen LogP contribution >= 0.6 is 11.3 Å². The lowest BCUT2D eigenvalue weighted by atomic mass is 10.2. The van der Waals surface area contributed by atoms with E-state index in [1.807, 2.05) is 4.68 Å². The van der Waals surface area contributed by atoms with Crippen LogP contribution in [0.25, 0.3) is 16.3 Å². The van der Waals surface area contributed by atoms with Crippen LogP contribution in [0.5, 0.6) is 0 Å². The van der Waals surface area contributed by atoms with E-state index in [9.17, 15) is 10.1 Å². The van der Waals surface area contributed by atoms with Crippen LogP contribution in [0.3, 0.4) is 0 Å². The molecule has 0 bridgehead atoms. The van der Waals surface area contributed by atoms with Crippen LogP contribution in [0.15, 0.2) is 36.4 Å². The van der Waals surface area contributed by atoms with Crippen LogP contribution < -0.4 is 5.32 Å². The summed E-state index contributed by atoms with van der Waals surface area (Å²) >= 11 is 1.73. The standard InChI is InChI=1S/C16H14N4O2S/c1-10-2-7-14(23-10)15-13-8-9-17-16(13)19(18-15)11-3-5-12(6-4-11)20(21)22/h2-7,17H,8-9H2,1H3. The van der Waals surface area contributed by atoms with Gasteiger partial charge in [-0.15, -0.1) is 11.3 Å². The molecule has 0 fully saturated rings. The number of nitrogens with zero attached hydrogens (tertiary/aromatic N) is 3. The van der Waals surface area contributed by atoms with E-state index in [-0.39, 0.29) is 5.69 Å². The molecule has 0 amide bonds. The summed E-state index contributed by atoms with van der Waals surface area (Å²) in [5.41, 5.74) is 3.12. The average Bonchev–Trinajstić information content (AvgIpc) is 3.23. The number of thiophene rings is 1. The molecule has 1 aliphatic rings. The van der Waals surface area contributed by atoms with Crippen LogP contribution in [0.2, 0.25) is 0 Å². The molecule has 0 saturated heterocycles. The Morgan fingerprint density at radius 3 is 2.70 bits per heavy atom. The molecule has 3 heterocycles. The lowest BCUT2D eigenvalue weighted by Gasteiger charge is -2.05. The fraction of sp³-hybridized carbons (Fsp3) is 0.188. The molecule has 1 aliphatic heterocycles. The van der Waals surface area contributed by atoms with Crippen molar-refractivity contribution < 1.29 is 4.92 Å². The number of aromatic nitrogens is 2. The van der Waals surface area contributed by atoms with Crippen molar-refractivity contribution in [3.8, 4) is 16.3 Å². The van der Waals surface area contributed by atoms with E-state index in [0.29, 0.717) is 0 Å². The van der Waals surface area contributed by atoms with Gasteiger partial charge in [0.2, 0.25) is 0 Å². The molecule has 0 radical (unpaired) electrons. The molecule has 4 rings (SSSR count). The number of aryl methyl sites for hydroxylation is 1. The van der Waals surface area contributed by atoms with E-state index in [0.717, 1.165) is 35.0 Å². The third kappa shape index (κ3) is 2.29. The van der Waals surface area contributed by atoms with Gasteiger partial charge in [-0.25, -0.2) is 4.68 Å². The number of nitro benzene ring substituents is 1. The van der Waals surface area contributed by atoms with Crippen LogP contribution in [0.1, 0.15) is 10.4 Å². The molecule has 0 saturated carbocycles. The average molecular weight is 326 g/mol. The van der Waals surface area contributed by atoms with Crippen LogP contribution in [0.4, 0.5) is 11.5 Å². The zero-order valence-electron chi connectivity index (χ0n) is 12.4. The summed E-state index contributed by atoms with van der Waals surface area (Å²) in [6.45, 7) is 2.97. The second-order valence-corrected chi connectivity index (χ2v) is 6.74. The van der Waals surface area contributed by atoms with Gasteiger partial charge in [0.25, 0.3) is 5.69 Å². The Kier molecular flexibility index (Phi) is 3.16. The summed E-state index contributed by atoms with van der Waals surface area (Å²) in [4.78, 5) is 12.8. The first-order chi connectivity index (χ1) is 11.1. The highest BCUT2D eigenvalue weighted by Crippen LogP contribution is 2.37. The van der Waals surface area contributed by atoms with Crippen molar-refractivity contribution >= 4 is 22.8 Å². The van der Waals surface area contributed by atoms with Gasteiger partial charge >= 0.3 is 0 Å². The number of hydrogen-bond acceptors (Lipinski definition) is 5. The lowest BCUT2D eigenvalue weighted by molar-refractivity contribution is -0.384. The maximum atomic E-state index is 10.8. The molecular weight excluding hydrogens is 312 g/mol. The first-order valence-electron chi connectivity index (χ1n) is 7.31. The van der Waals surface area contributed by atoms with E-state index >= 15 is 0 Å². The Hall–Kier alpha value is -2.67. The highest BCUT2D eigenvalue weighted by molar-refractivity contribution is 7.15. The predicted molar refractivity (Wildman–Crippen MR) is 90.5 cm³/mol. The zero-order chi connectivity index (χ0) is 16.0. The minimum absolute atomic E-state index is 0.0830. The van der Waals surface area contributed by atoms with E-state index in [1.54, 1.807) is 23.5 Å². The van der Waals surface area contributed by atoms with E-state index in [1.165, 1.54) is 22.6 Å². The number of anilines is 1. The van der Waals surface area contributed by atoms with Crippen molar-refractivity contribution in [1.82, 2.24) is 9.78 Å². The van der Waals surface area contributed by atoms with E-state index in [2.05, 4.69) is 24.4 Å². The largest absolute Gasteiger partial charge is 0.369 e. The molecule has 1 aromatic carbocycles. The number of rotatable bonds is 3. The zero-order valence-corrected chi connectivity index (χ0v) is 13.3. The number of nitrogens with one attached hydrogen (secondary N) is 1. The molecular formula is C16H14N4O2S. The molecule has 116 valence electrons. The summed E-state index contributed by atoms with van der Waals surface area (Å²) < 4.78 is 1.84. The number of nitro groups is 1. The van der Waals surface area contributed by atoms with Crippen molar-refractivity contribution in [3.05, 3.63) is 57.0 Å². The summed E-state index contributed by atoms with van der Waals surface area (Å²) in [7, 11) is 0. The SMILES string of the molecule is Cc1ccc(-c2nn(-c3ccc([N+](=O)[O-])cc3)c3c2CCN3)s1. The third-order valence-electron chi connectivity index (χ3n) is 3.93. The summed E-state index contributed by atoms with van der Waals surface area (Å²) in [5.74, 6) is 0.986. The van der Waals surface area contributed by atoms with Crippen LogP contribution in [0, 0.1) is 17.0 Å². The minimum atomic E-state index is -0.393. The molecule has 0 aliphatic carbocycles. The second-order valence-electron chi connectivity index (χ2n) is 5.45. The number of hydrogen-bond donors (Lipinski definition) is 1. The topological polar surface area (TPSA) is 73.0 Å². The Morgan fingerprint density at radius 1 is 1.26 bits per heavy atom. The third-order valence-corrected chi connectivity index (χ3v) is 4.94. The van der Waals surface area contributed by atoms with Crippen LogP contribution in [-0.4, -0.2) is 21.2 Å². The number of benzene rings is 1. The number of non-ortho nitro benzene ring substituents is 1. The Morgan fingerprint density at radius 2 is 2.04 bits per heavy atom. The quantitative estimate of drug-likeness (QED) is 0.587. The summed E-state index contributed by atoms with van der Waals surface area (Å²) in [6, 6.07) is 10.7. The minimum Gasteiger partial charge on any atom is -0.369 e. The summed E-state index contributed by atoms with van der Waals surface area (Å²) in [6.07, 6.45) is 0.939. The maximum absolute atomic E-state index is 10.8. The van der Waals surface area contributed by atoms with Gasteiger partial charge in [-0.2, -0.15) is 5.10 Å². The van der Waals surface area contributed by atoms with Crippen molar-refractivity contribution in [1.29, 1.82) is 0 Å². The van der Waals surface area contributed by atoms with Gasteiger partial charge in [-0.3, -0.25) is 10.1 Å². The lowest BCUT2D eigenvalue weighted by Crippen LogP contribution is -2.04. The van der Waals surface area contributed by atoms with Gasteiger partial charge in [0.15, 0.2) is 0 Å². The highest BCUT2D eigenvalue weighted by Gasteiger charge is 2.24. The van der Waals surface area contributed by atoms with Gasteiger partial charge in [-0.1, -0.05) is 0 Å². The van der Waals surface area contributed by atoms with E-state index in [4.69, 9.17) is 5.10 Å². The first kappa shape index (κ1) is 14.0. The van der Waals surface area contributed by atoms with Crippen molar-refractivity contribution in [2.45, 2.75) is 13.3 Å². The fourth-order valence-electron chi connectivity index (χ4n) is 2.84. The summed E-state index contributed by atoms with van der Waals surface area (Å²) in [5, 5.41) is 18.9. The van der Waals surface area contributed by atoms with Gasteiger partial charge in [0.05, 0.1) is 15.5 Å². The maximum Gasteiger partial charge on any atom is 0.269 e. The van der Waals surface area contributed by atoms with Gasteiger partial charge in [0, 0.05) is 29.1 Å². The Labute approximate surface area is 136 Å². The van der Waals surface area contributed by atoms with Gasteiger partial charge in [-0.05, 0) is 37.6 Å². The first-order valence-corrected chi connectivity index (χ1v) is 8.12. The smallest absolute Gasteiger partial charge is 0.269 e. The molecule has 0 unspecified atom stereocenters. The molecule has 0 atom stereocenters. The predicted octanol–water partition coefficient (Wildman–Crippen LogP) is 3.79. The number of fused-ring (bicyclic) bond motifs is 1. The van der Waals surface area contributed by atoms with E-state index < -0.39 is 4.92 Å². The van der Waals surface area contributed by atoms with Gasteiger partial charge < -0.3 is 5.32 Å². The van der Waals surface area contributed by atoms with Crippen molar-refractivity contribution in [3.63, 3.8) is 0 Å². The Bertz CT molecular complexity index is 895. The fourth-order valence-corrected chi connectivity index (χ4v) is 3.72. The highest BCUT2D eigenvalue weighted by atomic mass is 32.1. The monoisotopic (exact) mass is 326 g/mol. The van der Waals surface area contributed by atoms with Gasteiger partial charge in [0.1, 0.15) is 11.5 Å². The normalized spacial score (nSPS) is 12.9. The molecule has 6 nitrogen and oxygen atoms in total. The van der Waals surface area contributed by atoms with Crippen molar-refractivity contribution in [2.75, 3.05) is 11.9 Å². The van der Waals surface area contributed by atoms with Crippen molar-refractivity contribution in [2.24, 2.45) is 0 Å². The molecule has 23 heavy (non-hydrogen) atoms. The molecule has 1 N–H and O–H groups in total. The molecule has 0 spiro atoms. The Balaban J connectivity index is 1.82. The molecule has 7 heteroatoms.